The molecule has 9 heteroatoms. The van der Waals surface area contributed by atoms with Crippen molar-refractivity contribution in [1.29, 1.82) is 0 Å². The molecule has 0 fully saturated rings. The molecule has 3 atom stereocenters. The number of carbonyl (C=O) groups excluding carboxylic acids is 1. The first-order valence-corrected chi connectivity index (χ1v) is 27.9. The molecule has 0 bridgehead atoms. The Bertz CT molecular complexity index is 1500. The number of nitrogens with one attached hydrogen (secondary N) is 1. The third kappa shape index (κ3) is 50.6. The van der Waals surface area contributed by atoms with E-state index in [0.717, 1.165) is 116 Å². The Balaban J connectivity index is 4.26. The first-order chi connectivity index (χ1) is 32.5. The minimum absolute atomic E-state index is 0.0119. The van der Waals surface area contributed by atoms with E-state index in [1.807, 2.05) is 27.2 Å². The van der Waals surface area contributed by atoms with E-state index >= 15 is 0 Å². The molecule has 0 aliphatic rings. The lowest BCUT2D eigenvalue weighted by Crippen LogP contribution is -2.45. The van der Waals surface area contributed by atoms with Crippen molar-refractivity contribution >= 4 is 13.7 Å². The molecule has 0 aliphatic carbocycles. The number of likely N-dealkylation sites (N-methyl/N-ethyl adjacent to an activating group) is 1. The number of hydrogen-bond donors (Lipinski definition) is 2. The molecule has 0 saturated carbocycles. The van der Waals surface area contributed by atoms with Crippen LogP contribution in [-0.4, -0.2) is 68.5 Å². The van der Waals surface area contributed by atoms with E-state index in [4.69, 9.17) is 9.05 Å². The number of carbonyl (C=O) groups is 1. The summed E-state index contributed by atoms with van der Waals surface area (Å²) in [6.07, 6.45) is 71.2. The molecule has 0 saturated heterocycles. The molecule has 2 N–H and O–H groups in total. The van der Waals surface area contributed by atoms with E-state index in [1.54, 1.807) is 6.08 Å². The molecular formula is C58H99N2O6P. The Morgan fingerprint density at radius 3 is 1.33 bits per heavy atom. The molecule has 0 aromatic heterocycles. The Hall–Kier alpha value is -3.10. The number of phosphoric ester groups is 1. The predicted octanol–water partition coefficient (Wildman–Crippen LogP) is 15.2. The van der Waals surface area contributed by atoms with E-state index in [0.29, 0.717) is 17.4 Å². The van der Waals surface area contributed by atoms with Crippen molar-refractivity contribution in [2.24, 2.45) is 0 Å². The lowest BCUT2D eigenvalue weighted by atomic mass is 10.1. The number of amides is 1. The average molecular weight is 951 g/mol. The molecule has 3 unspecified atom stereocenters. The van der Waals surface area contributed by atoms with Crippen LogP contribution in [0.15, 0.2) is 122 Å². The van der Waals surface area contributed by atoms with Gasteiger partial charge in [-0.15, -0.1) is 0 Å². The van der Waals surface area contributed by atoms with Crippen LogP contribution in [0.3, 0.4) is 0 Å². The number of aliphatic hydroxyl groups is 1. The van der Waals surface area contributed by atoms with Gasteiger partial charge in [0.2, 0.25) is 5.91 Å². The van der Waals surface area contributed by atoms with Crippen LogP contribution in [0.5, 0.6) is 0 Å². The van der Waals surface area contributed by atoms with Gasteiger partial charge in [-0.05, 0) is 89.9 Å². The second kappa shape index (κ2) is 47.9. The fraction of sp³-hybridized carbons (Fsp3) is 0.638. The van der Waals surface area contributed by atoms with E-state index in [-0.39, 0.29) is 12.5 Å². The molecule has 0 aromatic carbocycles. The van der Waals surface area contributed by atoms with Crippen molar-refractivity contribution in [3.8, 4) is 0 Å². The van der Waals surface area contributed by atoms with Crippen LogP contribution in [0.2, 0.25) is 0 Å². The van der Waals surface area contributed by atoms with Gasteiger partial charge in [0, 0.05) is 6.42 Å². The zero-order valence-electron chi connectivity index (χ0n) is 43.3. The molecular weight excluding hydrogens is 852 g/mol. The minimum atomic E-state index is -4.60. The highest BCUT2D eigenvalue weighted by molar-refractivity contribution is 7.45. The van der Waals surface area contributed by atoms with E-state index < -0.39 is 26.6 Å². The van der Waals surface area contributed by atoms with Crippen molar-refractivity contribution in [2.45, 2.75) is 199 Å². The third-order valence-electron chi connectivity index (χ3n) is 10.9. The molecule has 0 radical (unpaired) electrons. The second-order valence-electron chi connectivity index (χ2n) is 18.5. The smallest absolute Gasteiger partial charge is 0.268 e. The maximum absolute atomic E-state index is 12.9. The molecule has 0 aliphatic heterocycles. The molecule has 382 valence electrons. The van der Waals surface area contributed by atoms with E-state index in [2.05, 4.69) is 129 Å². The number of allylic oxidation sites excluding steroid dienone is 19. The zero-order valence-corrected chi connectivity index (χ0v) is 44.2. The third-order valence-corrected chi connectivity index (χ3v) is 11.9. The SMILES string of the molecule is CC/C=C\C/C=C\C/C=C\C/C=C\C/C=C\C/C=C\C/C=C\C/C=C\C/C=C\CCCCCCCC(=O)NC(COP(=O)([O-])OCC[N+](C)(C)C)C(O)/C=C/CCCCCCCCCCCC. The largest absolute Gasteiger partial charge is 0.756 e. The van der Waals surface area contributed by atoms with Gasteiger partial charge in [-0.2, -0.15) is 0 Å². The molecule has 0 rings (SSSR count). The highest BCUT2D eigenvalue weighted by Crippen LogP contribution is 2.38. The first kappa shape index (κ1) is 63.9. The topological polar surface area (TPSA) is 108 Å². The molecule has 1 amide bonds. The van der Waals surface area contributed by atoms with Crippen LogP contribution in [0.4, 0.5) is 0 Å². The Morgan fingerprint density at radius 2 is 0.910 bits per heavy atom. The van der Waals surface area contributed by atoms with Crippen LogP contribution >= 0.6 is 7.82 Å². The summed E-state index contributed by atoms with van der Waals surface area (Å²) in [6, 6.07) is -0.905. The van der Waals surface area contributed by atoms with Gasteiger partial charge >= 0.3 is 0 Å². The normalized spacial score (nSPS) is 15.0. The van der Waals surface area contributed by atoms with Crippen LogP contribution in [0.1, 0.15) is 187 Å². The zero-order chi connectivity index (χ0) is 49.2. The molecule has 8 nitrogen and oxygen atoms in total. The number of hydrogen-bond acceptors (Lipinski definition) is 6. The van der Waals surface area contributed by atoms with Gasteiger partial charge in [0.15, 0.2) is 0 Å². The maximum Gasteiger partial charge on any atom is 0.268 e. The molecule has 0 heterocycles. The summed E-state index contributed by atoms with van der Waals surface area (Å²) in [5.41, 5.74) is 0. The fourth-order valence-corrected chi connectivity index (χ4v) is 7.51. The quantitative estimate of drug-likeness (QED) is 0.0272. The molecule has 0 spiro atoms. The predicted molar refractivity (Wildman–Crippen MR) is 288 cm³/mol. The van der Waals surface area contributed by atoms with Gasteiger partial charge in [-0.3, -0.25) is 9.36 Å². The van der Waals surface area contributed by atoms with Gasteiger partial charge in [0.05, 0.1) is 39.9 Å². The second-order valence-corrected chi connectivity index (χ2v) is 19.9. The lowest BCUT2D eigenvalue weighted by Gasteiger charge is -2.29. The van der Waals surface area contributed by atoms with Crippen LogP contribution in [0, 0.1) is 0 Å². The van der Waals surface area contributed by atoms with E-state index in [9.17, 15) is 19.4 Å². The summed E-state index contributed by atoms with van der Waals surface area (Å²) >= 11 is 0. The van der Waals surface area contributed by atoms with Crippen molar-refractivity contribution in [1.82, 2.24) is 5.32 Å². The summed E-state index contributed by atoms with van der Waals surface area (Å²) < 4.78 is 23.2. The van der Waals surface area contributed by atoms with Gasteiger partial charge in [0.25, 0.3) is 7.82 Å². The van der Waals surface area contributed by atoms with Crippen LogP contribution < -0.4 is 10.2 Å². The Morgan fingerprint density at radius 1 is 0.537 bits per heavy atom. The fourth-order valence-electron chi connectivity index (χ4n) is 6.79. The van der Waals surface area contributed by atoms with Crippen LogP contribution in [0.25, 0.3) is 0 Å². The summed E-state index contributed by atoms with van der Waals surface area (Å²) in [6.45, 7) is 4.48. The lowest BCUT2D eigenvalue weighted by molar-refractivity contribution is -0.870. The standard InChI is InChI=1S/C58H99N2O6P/c1-6-8-10-12-14-16-18-20-21-22-23-24-25-26-27-28-29-30-31-32-33-34-35-36-37-38-39-40-42-44-46-48-50-52-58(62)59-56(55-66-67(63,64)65-54-53-60(3,4)5)57(61)51-49-47-45-43-41-19-17-15-13-11-9-7-2/h8,10,14,16,20-21,23-24,26-27,29-30,32-33,35-36,38-39,49,51,56-57,61H,6-7,9,11-13,15,17-19,22,25,28,31,34,37,40-48,50,52-55H2,1-5H3,(H-,59,62,63,64)/b10-8-,16-14-,21-20-,24-23-,27-26-,30-29-,33-32-,36-35-,39-38-,51-49+. The summed E-state index contributed by atoms with van der Waals surface area (Å²) in [7, 11) is 1.23. The Kier molecular flexibility index (Phi) is 45.7. The summed E-state index contributed by atoms with van der Waals surface area (Å²) in [5, 5.41) is 13.8. The number of nitrogens with zero attached hydrogens (tertiary/aromatic N) is 1. The minimum Gasteiger partial charge on any atom is -0.756 e. The van der Waals surface area contributed by atoms with Gasteiger partial charge in [0.1, 0.15) is 13.2 Å². The van der Waals surface area contributed by atoms with E-state index in [1.165, 1.54) is 51.4 Å². The van der Waals surface area contributed by atoms with Gasteiger partial charge in [-0.25, -0.2) is 0 Å². The van der Waals surface area contributed by atoms with Crippen molar-refractivity contribution in [3.63, 3.8) is 0 Å². The van der Waals surface area contributed by atoms with Crippen molar-refractivity contribution < 1.29 is 32.9 Å². The van der Waals surface area contributed by atoms with Gasteiger partial charge < -0.3 is 28.8 Å². The molecule has 67 heavy (non-hydrogen) atoms. The number of phosphoric acid groups is 1. The number of quaternary nitrogens is 1. The summed E-state index contributed by atoms with van der Waals surface area (Å²) in [5.74, 6) is -0.223. The first-order valence-electron chi connectivity index (χ1n) is 26.4. The van der Waals surface area contributed by atoms with Gasteiger partial charge in [-0.1, -0.05) is 212 Å². The monoisotopic (exact) mass is 951 g/mol. The van der Waals surface area contributed by atoms with Crippen LogP contribution in [-0.2, 0) is 18.4 Å². The Labute approximate surface area is 412 Å². The molecule has 0 aromatic rings. The average Bonchev–Trinajstić information content (AvgIpc) is 3.29. The highest BCUT2D eigenvalue weighted by atomic mass is 31.2. The number of unbranched alkanes of at least 4 members (excludes halogenated alkanes) is 15. The number of aliphatic hydroxyl groups excluding tert-OH is 1. The summed E-state index contributed by atoms with van der Waals surface area (Å²) in [4.78, 5) is 25.4. The highest BCUT2D eigenvalue weighted by Gasteiger charge is 2.23. The maximum atomic E-state index is 12.9. The van der Waals surface area contributed by atoms with Crippen molar-refractivity contribution in [2.75, 3.05) is 40.9 Å². The number of rotatable bonds is 46. The van der Waals surface area contributed by atoms with Crippen molar-refractivity contribution in [3.05, 3.63) is 122 Å².